The van der Waals surface area contributed by atoms with Gasteiger partial charge in [-0.2, -0.15) is 0 Å². The van der Waals surface area contributed by atoms with Gasteiger partial charge in [0.1, 0.15) is 0 Å². The Balaban J connectivity index is 1.68. The smallest absolute Gasteiger partial charge is 0.328 e. The van der Waals surface area contributed by atoms with Crippen LogP contribution < -0.4 is 10.2 Å². The average molecular weight is 424 g/mol. The molecule has 8 heteroatoms. The van der Waals surface area contributed by atoms with Crippen LogP contribution in [-0.4, -0.2) is 34.0 Å². The van der Waals surface area contributed by atoms with Crippen molar-refractivity contribution in [2.75, 3.05) is 10.2 Å². The van der Waals surface area contributed by atoms with Crippen molar-refractivity contribution in [2.24, 2.45) is 0 Å². The van der Waals surface area contributed by atoms with Crippen LogP contribution in [0.1, 0.15) is 17.5 Å². The van der Waals surface area contributed by atoms with Crippen LogP contribution in [0.25, 0.3) is 0 Å². The van der Waals surface area contributed by atoms with Crippen molar-refractivity contribution in [3.05, 3.63) is 65.7 Å². The van der Waals surface area contributed by atoms with E-state index >= 15 is 0 Å². The van der Waals surface area contributed by atoms with Crippen LogP contribution >= 0.6 is 11.8 Å². The summed E-state index contributed by atoms with van der Waals surface area (Å²) in [6, 6.07) is 12.4. The van der Waals surface area contributed by atoms with Crippen LogP contribution in [0.15, 0.2) is 59.5 Å². The molecule has 0 radical (unpaired) electrons. The molecule has 0 bridgehead atoms. The first kappa shape index (κ1) is 21.3. The monoisotopic (exact) mass is 424 g/mol. The van der Waals surface area contributed by atoms with Crippen molar-refractivity contribution in [1.82, 2.24) is 0 Å². The van der Waals surface area contributed by atoms with E-state index in [0.29, 0.717) is 11.4 Å². The van der Waals surface area contributed by atoms with Crippen molar-refractivity contribution in [3.63, 3.8) is 0 Å². The number of anilines is 2. The lowest BCUT2D eigenvalue weighted by Crippen LogP contribution is -2.32. The Hall–Kier alpha value is -3.39. The van der Waals surface area contributed by atoms with E-state index in [2.05, 4.69) is 5.32 Å². The molecule has 1 atom stereocenters. The third kappa shape index (κ3) is 4.77. The fourth-order valence-electron chi connectivity index (χ4n) is 3.20. The van der Waals surface area contributed by atoms with Crippen LogP contribution in [0.3, 0.4) is 0 Å². The first-order chi connectivity index (χ1) is 14.3. The number of amides is 3. The van der Waals surface area contributed by atoms with Gasteiger partial charge in [0.05, 0.1) is 10.9 Å². The number of carbonyl (C=O) groups is 4. The predicted molar refractivity (Wildman–Crippen MR) is 115 cm³/mol. The first-order valence-corrected chi connectivity index (χ1v) is 10.1. The third-order valence-electron chi connectivity index (χ3n) is 4.55. The number of aryl methyl sites for hydroxylation is 2. The number of carboxylic acid groups (broad SMARTS) is 1. The number of thioether (sulfide) groups is 1. The summed E-state index contributed by atoms with van der Waals surface area (Å²) in [5.74, 6) is -2.22. The summed E-state index contributed by atoms with van der Waals surface area (Å²) in [4.78, 5) is 49.6. The van der Waals surface area contributed by atoms with Gasteiger partial charge in [-0.1, -0.05) is 18.2 Å². The molecule has 1 unspecified atom stereocenters. The Kier molecular flexibility index (Phi) is 6.37. The fraction of sp³-hybridized carbons (Fsp3) is 0.182. The van der Waals surface area contributed by atoms with Crippen molar-refractivity contribution in [1.29, 1.82) is 0 Å². The molecule has 2 aromatic carbocycles. The minimum Gasteiger partial charge on any atom is -0.478 e. The maximum atomic E-state index is 12.9. The molecule has 1 aliphatic heterocycles. The number of rotatable bonds is 6. The molecule has 0 aliphatic carbocycles. The summed E-state index contributed by atoms with van der Waals surface area (Å²) in [6.45, 7) is 3.75. The molecule has 0 spiro atoms. The number of para-hydroxylation sites is 1. The number of hydrogen-bond acceptors (Lipinski definition) is 5. The highest BCUT2D eigenvalue weighted by Gasteiger charge is 2.41. The van der Waals surface area contributed by atoms with Crippen LogP contribution in [0.2, 0.25) is 0 Å². The minimum absolute atomic E-state index is 0.121. The van der Waals surface area contributed by atoms with E-state index in [4.69, 9.17) is 5.11 Å². The zero-order chi connectivity index (χ0) is 21.8. The molecular formula is C22H20N2O5S. The Morgan fingerprint density at radius 2 is 1.70 bits per heavy atom. The maximum absolute atomic E-state index is 12.9. The summed E-state index contributed by atoms with van der Waals surface area (Å²) in [5.41, 5.74) is 2.90. The summed E-state index contributed by atoms with van der Waals surface area (Å²) in [5, 5.41) is 10.6. The normalized spacial score (nSPS) is 16.3. The number of hydrogen-bond donors (Lipinski definition) is 2. The van der Waals surface area contributed by atoms with Gasteiger partial charge in [-0.3, -0.25) is 14.4 Å². The van der Waals surface area contributed by atoms with E-state index in [1.807, 2.05) is 32.0 Å². The molecule has 7 nitrogen and oxygen atoms in total. The molecule has 3 amide bonds. The van der Waals surface area contributed by atoms with Gasteiger partial charge < -0.3 is 10.4 Å². The second-order valence-electron chi connectivity index (χ2n) is 6.80. The van der Waals surface area contributed by atoms with E-state index < -0.39 is 17.1 Å². The molecule has 30 heavy (non-hydrogen) atoms. The van der Waals surface area contributed by atoms with Gasteiger partial charge in [0.2, 0.25) is 17.7 Å². The Morgan fingerprint density at radius 1 is 1.07 bits per heavy atom. The van der Waals surface area contributed by atoms with Gasteiger partial charge in [0.25, 0.3) is 0 Å². The highest BCUT2D eigenvalue weighted by molar-refractivity contribution is 8.00. The zero-order valence-corrected chi connectivity index (χ0v) is 17.2. The quantitative estimate of drug-likeness (QED) is 0.545. The molecule has 2 N–H and O–H groups in total. The Morgan fingerprint density at radius 3 is 2.30 bits per heavy atom. The van der Waals surface area contributed by atoms with Crippen LogP contribution in [-0.2, 0) is 19.2 Å². The van der Waals surface area contributed by atoms with Crippen LogP contribution in [0.4, 0.5) is 11.4 Å². The molecule has 1 heterocycles. The molecule has 1 aliphatic rings. The van der Waals surface area contributed by atoms with Gasteiger partial charge in [0, 0.05) is 29.2 Å². The van der Waals surface area contributed by atoms with Crippen molar-refractivity contribution in [3.8, 4) is 0 Å². The molecule has 3 rings (SSSR count). The highest BCUT2D eigenvalue weighted by Crippen LogP contribution is 2.36. The highest BCUT2D eigenvalue weighted by atomic mass is 32.2. The first-order valence-electron chi connectivity index (χ1n) is 9.18. The lowest BCUT2D eigenvalue weighted by atomic mass is 10.1. The predicted octanol–water partition coefficient (Wildman–Crippen LogP) is 3.31. The molecular weight excluding hydrogens is 404 g/mol. The minimum atomic E-state index is -1.21. The SMILES string of the molecule is Cc1cccc(C)c1N1C(=O)CC(Sc2ccc(NC(=O)/C=C/C(=O)O)cc2)C1=O. The summed E-state index contributed by atoms with van der Waals surface area (Å²) in [7, 11) is 0. The van der Waals surface area contributed by atoms with Gasteiger partial charge in [-0.15, -0.1) is 11.8 Å². The third-order valence-corrected chi connectivity index (χ3v) is 5.74. The summed E-state index contributed by atoms with van der Waals surface area (Å²) >= 11 is 1.30. The second kappa shape index (κ2) is 8.96. The fourth-order valence-corrected chi connectivity index (χ4v) is 4.26. The zero-order valence-electron chi connectivity index (χ0n) is 16.4. The van der Waals surface area contributed by atoms with Gasteiger partial charge in [-0.25, -0.2) is 9.69 Å². The van der Waals surface area contributed by atoms with E-state index in [0.717, 1.165) is 28.2 Å². The molecule has 0 saturated carbocycles. The molecule has 1 saturated heterocycles. The summed E-state index contributed by atoms with van der Waals surface area (Å²) in [6.07, 6.45) is 1.80. The Bertz CT molecular complexity index is 1030. The topological polar surface area (TPSA) is 104 Å². The number of benzene rings is 2. The van der Waals surface area contributed by atoms with Crippen LogP contribution in [0, 0.1) is 13.8 Å². The van der Waals surface area contributed by atoms with E-state index in [9.17, 15) is 19.2 Å². The van der Waals surface area contributed by atoms with E-state index in [1.54, 1.807) is 24.3 Å². The maximum Gasteiger partial charge on any atom is 0.328 e. The van der Waals surface area contributed by atoms with E-state index in [1.165, 1.54) is 16.7 Å². The molecule has 2 aromatic rings. The Labute approximate surface area is 177 Å². The van der Waals surface area contributed by atoms with E-state index in [-0.39, 0.29) is 18.2 Å². The van der Waals surface area contributed by atoms with Crippen LogP contribution in [0.5, 0.6) is 0 Å². The second-order valence-corrected chi connectivity index (χ2v) is 8.08. The molecule has 1 fully saturated rings. The molecule has 0 aromatic heterocycles. The van der Waals surface area contributed by atoms with Crippen molar-refractivity contribution >= 4 is 46.8 Å². The van der Waals surface area contributed by atoms with Gasteiger partial charge >= 0.3 is 5.97 Å². The van der Waals surface area contributed by atoms with Crippen molar-refractivity contribution in [2.45, 2.75) is 30.4 Å². The summed E-state index contributed by atoms with van der Waals surface area (Å²) < 4.78 is 0. The number of nitrogens with zero attached hydrogens (tertiary/aromatic N) is 1. The van der Waals surface area contributed by atoms with Crippen molar-refractivity contribution < 1.29 is 24.3 Å². The number of nitrogens with one attached hydrogen (secondary N) is 1. The van der Waals surface area contributed by atoms with Gasteiger partial charge in [0.15, 0.2) is 0 Å². The largest absolute Gasteiger partial charge is 0.478 e. The lowest BCUT2D eigenvalue weighted by molar-refractivity contribution is -0.131. The molecule has 154 valence electrons. The standard InChI is InChI=1S/C22H20N2O5S/c1-13-4-3-5-14(2)21(13)24-19(26)12-17(22(24)29)30-16-8-6-15(7-9-16)23-18(25)10-11-20(27)28/h3-11,17H,12H2,1-2H3,(H,23,25)(H,27,28)/b11-10+. The van der Waals surface area contributed by atoms with Gasteiger partial charge in [-0.05, 0) is 49.2 Å². The number of aliphatic carboxylic acids is 1. The number of imide groups is 1. The lowest BCUT2D eigenvalue weighted by Gasteiger charge is -2.19. The number of carboxylic acids is 1. The average Bonchev–Trinajstić information content (AvgIpc) is 2.95. The number of carbonyl (C=O) groups excluding carboxylic acids is 3.